The monoisotopic (exact) mass is 575 g/mol. The van der Waals surface area contributed by atoms with Gasteiger partial charge in [-0.2, -0.15) is 43.9 Å². The van der Waals surface area contributed by atoms with Crippen LogP contribution >= 0.6 is 0 Å². The van der Waals surface area contributed by atoms with Crippen LogP contribution in [0.15, 0.2) is 78.9 Å². The number of nitrogens with one attached hydrogen (secondary N) is 1. The summed E-state index contributed by atoms with van der Waals surface area (Å²) in [7, 11) is 0. The quantitative estimate of drug-likeness (QED) is 0.244. The predicted molar refractivity (Wildman–Crippen MR) is 124 cm³/mol. The number of anilines is 1. The first-order chi connectivity index (χ1) is 18.6. The molecule has 1 aliphatic heterocycles. The SMILES string of the molecule is FC(F)(F)c1cccc([C@H]2C=C(c3ccc(OC(F)(F)C(F)(F)C(F)(F)F)cc3)Nc3nc4ccccc4n32)c1. The average Bonchev–Trinajstić information content (AvgIpc) is 3.26. The Kier molecular flexibility index (Phi) is 6.27. The topological polar surface area (TPSA) is 39.1 Å². The van der Waals surface area contributed by atoms with Gasteiger partial charge in [-0.3, -0.25) is 4.57 Å². The zero-order valence-corrected chi connectivity index (χ0v) is 19.7. The first kappa shape index (κ1) is 27.3. The fourth-order valence-corrected chi connectivity index (χ4v) is 4.20. The van der Waals surface area contributed by atoms with Gasteiger partial charge in [-0.1, -0.05) is 24.3 Å². The molecule has 0 fully saturated rings. The summed E-state index contributed by atoms with van der Waals surface area (Å²) in [4.78, 5) is 4.47. The summed E-state index contributed by atoms with van der Waals surface area (Å²) < 4.78 is 137. The molecule has 4 nitrogen and oxygen atoms in total. The molecule has 1 N–H and O–H groups in total. The number of imidazole rings is 1. The van der Waals surface area contributed by atoms with Crippen LogP contribution in [0.4, 0.5) is 49.9 Å². The fourth-order valence-electron chi connectivity index (χ4n) is 4.20. The summed E-state index contributed by atoms with van der Waals surface area (Å²) in [5.74, 6) is -7.20. The van der Waals surface area contributed by atoms with E-state index in [1.807, 2.05) is 0 Å². The van der Waals surface area contributed by atoms with Crippen molar-refractivity contribution >= 4 is 22.7 Å². The van der Waals surface area contributed by atoms with Crippen molar-refractivity contribution in [2.75, 3.05) is 5.32 Å². The van der Waals surface area contributed by atoms with Crippen LogP contribution in [0.25, 0.3) is 16.7 Å². The fraction of sp³-hybridized carbons (Fsp3) is 0.192. The third kappa shape index (κ3) is 4.71. The standard InChI is InChI=1S/C26H15F10N3O/c27-23(28,29)16-5-3-4-15(12-16)21-13-19(38-22-37-18-6-1-2-7-20(18)39(21)22)14-8-10-17(11-9-14)40-26(35,36)24(30,31)25(32,33)34/h1-13,21H,(H,37,38)/t21-/m1/s1. The van der Waals surface area contributed by atoms with Gasteiger partial charge < -0.3 is 10.1 Å². The maximum Gasteiger partial charge on any atom is 0.474 e. The van der Waals surface area contributed by atoms with Crippen molar-refractivity contribution < 1.29 is 48.6 Å². The van der Waals surface area contributed by atoms with Gasteiger partial charge in [0.1, 0.15) is 5.75 Å². The van der Waals surface area contributed by atoms with Gasteiger partial charge in [-0.15, -0.1) is 0 Å². The molecule has 1 aromatic heterocycles. The summed E-state index contributed by atoms with van der Waals surface area (Å²) in [5.41, 5.74) is 0.958. The van der Waals surface area contributed by atoms with Crippen molar-refractivity contribution in [3.05, 3.63) is 95.6 Å². The van der Waals surface area contributed by atoms with Crippen molar-refractivity contribution in [3.8, 4) is 5.75 Å². The Balaban J connectivity index is 1.53. The van der Waals surface area contributed by atoms with Crippen LogP contribution in [0, 0.1) is 0 Å². The molecule has 1 aliphatic rings. The molecule has 2 heterocycles. The second-order valence-electron chi connectivity index (χ2n) is 8.78. The molecule has 0 amide bonds. The molecule has 1 atom stereocenters. The third-order valence-corrected chi connectivity index (χ3v) is 6.13. The molecule has 3 aromatic carbocycles. The number of fused-ring (bicyclic) bond motifs is 3. The van der Waals surface area contributed by atoms with Gasteiger partial charge in [0.2, 0.25) is 5.95 Å². The minimum atomic E-state index is -6.56. The van der Waals surface area contributed by atoms with Crippen molar-refractivity contribution in [3.63, 3.8) is 0 Å². The number of benzene rings is 3. The summed E-state index contributed by atoms with van der Waals surface area (Å²) >= 11 is 0. The van der Waals surface area contributed by atoms with Gasteiger partial charge in [0.25, 0.3) is 0 Å². The number of alkyl halides is 10. The summed E-state index contributed by atoms with van der Waals surface area (Å²) in [6.07, 6.45) is -15.5. The highest BCUT2D eigenvalue weighted by Crippen LogP contribution is 2.47. The van der Waals surface area contributed by atoms with Crippen LogP contribution in [0.3, 0.4) is 0 Å². The second kappa shape index (κ2) is 9.17. The van der Waals surface area contributed by atoms with Crippen molar-refractivity contribution in [1.82, 2.24) is 9.55 Å². The number of para-hydroxylation sites is 2. The molecular weight excluding hydrogens is 560 g/mol. The maximum atomic E-state index is 13.7. The zero-order valence-electron chi connectivity index (χ0n) is 19.7. The Morgan fingerprint density at radius 3 is 2.10 bits per heavy atom. The van der Waals surface area contributed by atoms with Gasteiger partial charge in [-0.05, 0) is 65.7 Å². The molecular formula is C26H15F10N3O. The maximum absolute atomic E-state index is 13.7. The Hall–Kier alpha value is -4.23. The number of nitrogens with zero attached hydrogens (tertiary/aromatic N) is 2. The Labute approximate surface area is 218 Å². The molecule has 4 aromatic rings. The molecule has 14 heteroatoms. The first-order valence-electron chi connectivity index (χ1n) is 11.3. The van der Waals surface area contributed by atoms with Crippen LogP contribution in [0.1, 0.15) is 22.7 Å². The van der Waals surface area contributed by atoms with Gasteiger partial charge >= 0.3 is 24.4 Å². The zero-order chi connectivity index (χ0) is 29.1. The van der Waals surface area contributed by atoms with Gasteiger partial charge in [0.05, 0.1) is 22.6 Å². The van der Waals surface area contributed by atoms with E-state index >= 15 is 0 Å². The van der Waals surface area contributed by atoms with E-state index in [0.29, 0.717) is 11.0 Å². The highest BCUT2D eigenvalue weighted by Gasteiger charge is 2.75. The molecule has 0 bridgehead atoms. The highest BCUT2D eigenvalue weighted by molar-refractivity contribution is 5.85. The Morgan fingerprint density at radius 1 is 0.775 bits per heavy atom. The first-order valence-corrected chi connectivity index (χ1v) is 11.3. The second-order valence-corrected chi connectivity index (χ2v) is 8.78. The third-order valence-electron chi connectivity index (χ3n) is 6.13. The lowest BCUT2D eigenvalue weighted by molar-refractivity contribution is -0.402. The average molecular weight is 575 g/mol. The molecule has 0 spiro atoms. The van der Waals surface area contributed by atoms with E-state index in [1.54, 1.807) is 34.9 Å². The van der Waals surface area contributed by atoms with Crippen molar-refractivity contribution in [1.29, 1.82) is 0 Å². The molecule has 0 aliphatic carbocycles. The minimum Gasteiger partial charge on any atom is -0.428 e. The van der Waals surface area contributed by atoms with Crippen LogP contribution in [-0.4, -0.2) is 27.8 Å². The molecule has 0 unspecified atom stereocenters. The van der Waals surface area contributed by atoms with E-state index < -0.39 is 41.7 Å². The highest BCUT2D eigenvalue weighted by atomic mass is 19.4. The van der Waals surface area contributed by atoms with E-state index in [9.17, 15) is 43.9 Å². The molecule has 5 rings (SSSR count). The van der Waals surface area contributed by atoms with E-state index in [1.165, 1.54) is 12.1 Å². The molecule has 0 saturated carbocycles. The molecule has 40 heavy (non-hydrogen) atoms. The number of ether oxygens (including phenoxy) is 1. The Morgan fingerprint density at radius 2 is 1.45 bits per heavy atom. The molecule has 210 valence electrons. The number of aromatic nitrogens is 2. The van der Waals surface area contributed by atoms with Crippen LogP contribution in [0.2, 0.25) is 0 Å². The smallest absolute Gasteiger partial charge is 0.428 e. The molecule has 0 saturated heterocycles. The van der Waals surface area contributed by atoms with Crippen molar-refractivity contribution in [2.45, 2.75) is 30.4 Å². The Bertz CT molecular complexity index is 1590. The number of rotatable bonds is 5. The van der Waals surface area contributed by atoms with E-state index in [2.05, 4.69) is 15.0 Å². The lowest BCUT2D eigenvalue weighted by Gasteiger charge is -2.28. The normalized spacial score (nSPS) is 16.4. The van der Waals surface area contributed by atoms with E-state index in [0.717, 1.165) is 36.4 Å². The lowest BCUT2D eigenvalue weighted by atomic mass is 9.99. The molecule has 0 radical (unpaired) electrons. The lowest BCUT2D eigenvalue weighted by Crippen LogP contribution is -2.55. The van der Waals surface area contributed by atoms with Crippen LogP contribution in [0.5, 0.6) is 5.75 Å². The number of hydrogen-bond acceptors (Lipinski definition) is 3. The largest absolute Gasteiger partial charge is 0.474 e. The van der Waals surface area contributed by atoms with Gasteiger partial charge in [0, 0.05) is 5.70 Å². The number of halogens is 10. The minimum absolute atomic E-state index is 0.230. The van der Waals surface area contributed by atoms with Crippen LogP contribution in [-0.2, 0) is 6.18 Å². The summed E-state index contributed by atoms with van der Waals surface area (Å²) in [6, 6.07) is 14.4. The summed E-state index contributed by atoms with van der Waals surface area (Å²) in [5, 5.41) is 2.99. The summed E-state index contributed by atoms with van der Waals surface area (Å²) in [6.45, 7) is 0. The van der Waals surface area contributed by atoms with E-state index in [-0.39, 0.29) is 22.8 Å². The van der Waals surface area contributed by atoms with Crippen LogP contribution < -0.4 is 10.1 Å². The number of hydrogen-bond donors (Lipinski definition) is 1. The van der Waals surface area contributed by atoms with Gasteiger partial charge in [0.15, 0.2) is 0 Å². The predicted octanol–water partition coefficient (Wildman–Crippen LogP) is 8.28. The van der Waals surface area contributed by atoms with Gasteiger partial charge in [-0.25, -0.2) is 4.98 Å². The van der Waals surface area contributed by atoms with E-state index in [4.69, 9.17) is 0 Å². The van der Waals surface area contributed by atoms with Crippen molar-refractivity contribution in [2.24, 2.45) is 0 Å². The number of allylic oxidation sites excluding steroid dienone is 1.